The highest BCUT2D eigenvalue weighted by molar-refractivity contribution is 5.79. The number of carbonyl (C=O) groups is 1. The summed E-state index contributed by atoms with van der Waals surface area (Å²) < 4.78 is 4.98. The molecule has 1 heterocycles. The second kappa shape index (κ2) is 5.31. The van der Waals surface area contributed by atoms with Gasteiger partial charge in [0.2, 0.25) is 11.8 Å². The van der Waals surface area contributed by atoms with Crippen LogP contribution in [0, 0.1) is 0 Å². The van der Waals surface area contributed by atoms with Crippen molar-refractivity contribution in [3.05, 3.63) is 23.9 Å². The highest BCUT2D eigenvalue weighted by Crippen LogP contribution is 2.08. The fraction of sp³-hybridized carbons (Fsp3) is 0.400. The summed E-state index contributed by atoms with van der Waals surface area (Å²) in [6.45, 7) is 2.28. The molecule has 1 amide bonds. The van der Waals surface area contributed by atoms with Gasteiger partial charge in [-0.05, 0) is 18.6 Å². The molecule has 3 N–H and O–H groups in total. The van der Waals surface area contributed by atoms with Crippen molar-refractivity contribution in [2.24, 2.45) is 5.73 Å². The number of pyridine rings is 1. The Morgan fingerprint density at radius 1 is 1.73 bits per heavy atom. The zero-order valence-corrected chi connectivity index (χ0v) is 8.86. The molecule has 0 fully saturated rings. The third-order valence-electron chi connectivity index (χ3n) is 2.05. The maximum atomic E-state index is 10.8. The predicted octanol–water partition coefficient (Wildman–Crippen LogP) is 0.0536. The van der Waals surface area contributed by atoms with Gasteiger partial charge in [-0.15, -0.1) is 0 Å². The van der Waals surface area contributed by atoms with Crippen LogP contribution < -0.4 is 15.8 Å². The maximum absolute atomic E-state index is 10.8. The van der Waals surface area contributed by atoms with Gasteiger partial charge in [0.1, 0.15) is 0 Å². The lowest BCUT2D eigenvalue weighted by Gasteiger charge is -2.10. The normalized spacial score (nSPS) is 12.1. The van der Waals surface area contributed by atoms with E-state index in [0.717, 1.165) is 5.56 Å². The van der Waals surface area contributed by atoms with Crippen LogP contribution in [0.3, 0.4) is 0 Å². The van der Waals surface area contributed by atoms with Crippen LogP contribution in [0.2, 0.25) is 0 Å². The molecule has 0 spiro atoms. The molecule has 1 aromatic heterocycles. The highest BCUT2D eigenvalue weighted by Gasteiger charge is 2.07. The summed E-state index contributed by atoms with van der Waals surface area (Å²) in [5, 5.41) is 2.99. The zero-order chi connectivity index (χ0) is 11.3. The summed E-state index contributed by atoms with van der Waals surface area (Å²) >= 11 is 0. The van der Waals surface area contributed by atoms with Crippen LogP contribution >= 0.6 is 0 Å². The Hall–Kier alpha value is -1.62. The van der Waals surface area contributed by atoms with Crippen LogP contribution in [-0.4, -0.2) is 24.0 Å². The molecule has 5 heteroatoms. The largest absolute Gasteiger partial charge is 0.481 e. The number of nitrogens with two attached hydrogens (primary N) is 1. The van der Waals surface area contributed by atoms with Crippen molar-refractivity contribution in [2.45, 2.75) is 19.5 Å². The van der Waals surface area contributed by atoms with Crippen molar-refractivity contribution in [2.75, 3.05) is 7.11 Å². The number of ether oxygens (including phenoxy) is 1. The minimum atomic E-state index is -0.365. The first-order chi connectivity index (χ1) is 7.13. The number of nitrogens with zero attached hydrogens (tertiary/aromatic N) is 1. The van der Waals surface area contributed by atoms with Crippen LogP contribution in [-0.2, 0) is 11.3 Å². The number of aromatic nitrogens is 1. The molecule has 0 aliphatic heterocycles. The van der Waals surface area contributed by atoms with E-state index in [-0.39, 0.29) is 11.9 Å². The number of nitrogens with one attached hydrogen (secondary N) is 1. The SMILES string of the molecule is COc1cc(CNC(C)C(N)=O)ccn1. The van der Waals surface area contributed by atoms with Crippen LogP contribution in [0.15, 0.2) is 18.3 Å². The first-order valence-corrected chi connectivity index (χ1v) is 4.65. The average Bonchev–Trinajstić information content (AvgIpc) is 2.26. The van der Waals surface area contributed by atoms with E-state index in [9.17, 15) is 4.79 Å². The first kappa shape index (κ1) is 11.5. The van der Waals surface area contributed by atoms with E-state index < -0.39 is 0 Å². The van der Waals surface area contributed by atoms with E-state index in [0.29, 0.717) is 12.4 Å². The summed E-state index contributed by atoms with van der Waals surface area (Å²) in [5.74, 6) is 0.192. The van der Waals surface area contributed by atoms with Gasteiger partial charge in [-0.1, -0.05) is 0 Å². The van der Waals surface area contributed by atoms with Gasteiger partial charge in [-0.25, -0.2) is 4.98 Å². The van der Waals surface area contributed by atoms with Crippen molar-refractivity contribution in [1.29, 1.82) is 0 Å². The van der Waals surface area contributed by atoms with Gasteiger partial charge in [0.25, 0.3) is 0 Å². The molecule has 5 nitrogen and oxygen atoms in total. The predicted molar refractivity (Wildman–Crippen MR) is 56.3 cm³/mol. The van der Waals surface area contributed by atoms with Gasteiger partial charge in [-0.2, -0.15) is 0 Å². The molecule has 1 aromatic rings. The number of rotatable bonds is 5. The number of methoxy groups -OCH3 is 1. The minimum Gasteiger partial charge on any atom is -0.481 e. The number of hydrogen-bond acceptors (Lipinski definition) is 4. The molecule has 1 atom stereocenters. The fourth-order valence-electron chi connectivity index (χ4n) is 1.04. The van der Waals surface area contributed by atoms with E-state index in [2.05, 4.69) is 10.3 Å². The molecular formula is C10H15N3O2. The van der Waals surface area contributed by atoms with Gasteiger partial charge in [0.15, 0.2) is 0 Å². The number of hydrogen-bond donors (Lipinski definition) is 2. The average molecular weight is 209 g/mol. The summed E-state index contributed by atoms with van der Waals surface area (Å²) in [6, 6.07) is 3.31. The smallest absolute Gasteiger partial charge is 0.234 e. The molecule has 0 aromatic carbocycles. The summed E-state index contributed by atoms with van der Waals surface area (Å²) in [4.78, 5) is 14.7. The maximum Gasteiger partial charge on any atom is 0.234 e. The third-order valence-corrected chi connectivity index (χ3v) is 2.05. The molecule has 0 saturated heterocycles. The van der Waals surface area contributed by atoms with E-state index in [1.165, 1.54) is 0 Å². The Kier molecular flexibility index (Phi) is 4.05. The molecule has 1 rings (SSSR count). The Labute approximate surface area is 88.6 Å². The van der Waals surface area contributed by atoms with Gasteiger partial charge in [-0.3, -0.25) is 4.79 Å². The molecule has 0 aliphatic rings. The number of carbonyl (C=O) groups excluding carboxylic acids is 1. The van der Waals surface area contributed by atoms with Crippen LogP contribution in [0.25, 0.3) is 0 Å². The van der Waals surface area contributed by atoms with Crippen molar-refractivity contribution < 1.29 is 9.53 Å². The summed E-state index contributed by atoms with van der Waals surface area (Å²) in [5.41, 5.74) is 6.11. The lowest BCUT2D eigenvalue weighted by molar-refractivity contribution is -0.119. The zero-order valence-electron chi connectivity index (χ0n) is 8.86. The Morgan fingerprint density at radius 2 is 2.47 bits per heavy atom. The quantitative estimate of drug-likeness (QED) is 0.718. The molecule has 0 saturated carbocycles. The van der Waals surface area contributed by atoms with Crippen LogP contribution in [0.5, 0.6) is 5.88 Å². The Balaban J connectivity index is 2.53. The van der Waals surface area contributed by atoms with Crippen molar-refractivity contribution in [1.82, 2.24) is 10.3 Å². The Bertz CT molecular complexity index is 341. The standard InChI is InChI=1S/C10H15N3O2/c1-7(10(11)14)13-6-8-3-4-12-9(5-8)15-2/h3-5,7,13H,6H2,1-2H3,(H2,11,14). The summed E-state index contributed by atoms with van der Waals surface area (Å²) in [6.07, 6.45) is 1.66. The molecular weight excluding hydrogens is 194 g/mol. The van der Waals surface area contributed by atoms with Crippen molar-refractivity contribution in [3.63, 3.8) is 0 Å². The highest BCUT2D eigenvalue weighted by atomic mass is 16.5. The lowest BCUT2D eigenvalue weighted by atomic mass is 10.2. The van der Waals surface area contributed by atoms with Gasteiger partial charge < -0.3 is 15.8 Å². The number of amides is 1. The van der Waals surface area contributed by atoms with Crippen molar-refractivity contribution >= 4 is 5.91 Å². The van der Waals surface area contributed by atoms with Crippen LogP contribution in [0.1, 0.15) is 12.5 Å². The molecule has 15 heavy (non-hydrogen) atoms. The van der Waals surface area contributed by atoms with Gasteiger partial charge >= 0.3 is 0 Å². The first-order valence-electron chi connectivity index (χ1n) is 4.65. The van der Waals surface area contributed by atoms with Crippen LogP contribution in [0.4, 0.5) is 0 Å². The topological polar surface area (TPSA) is 77.2 Å². The monoisotopic (exact) mass is 209 g/mol. The molecule has 1 unspecified atom stereocenters. The van der Waals surface area contributed by atoms with Crippen molar-refractivity contribution in [3.8, 4) is 5.88 Å². The fourth-order valence-corrected chi connectivity index (χ4v) is 1.04. The minimum absolute atomic E-state index is 0.343. The number of primary amides is 1. The molecule has 0 aliphatic carbocycles. The van der Waals surface area contributed by atoms with E-state index >= 15 is 0 Å². The lowest BCUT2D eigenvalue weighted by Crippen LogP contribution is -2.38. The molecule has 82 valence electrons. The van der Waals surface area contributed by atoms with Gasteiger partial charge in [0, 0.05) is 18.8 Å². The second-order valence-corrected chi connectivity index (χ2v) is 3.21. The van der Waals surface area contributed by atoms with E-state index in [4.69, 9.17) is 10.5 Å². The van der Waals surface area contributed by atoms with Gasteiger partial charge in [0.05, 0.1) is 13.2 Å². The van der Waals surface area contributed by atoms with E-state index in [1.807, 2.05) is 6.07 Å². The summed E-state index contributed by atoms with van der Waals surface area (Å²) in [7, 11) is 1.56. The second-order valence-electron chi connectivity index (χ2n) is 3.21. The molecule has 0 radical (unpaired) electrons. The third kappa shape index (κ3) is 3.55. The van der Waals surface area contributed by atoms with E-state index in [1.54, 1.807) is 26.3 Å². The Morgan fingerprint density at radius 3 is 3.07 bits per heavy atom. The molecule has 0 bridgehead atoms.